The Balaban J connectivity index is 1.20. The number of anilines is 2. The Morgan fingerprint density at radius 3 is 2.36 bits per heavy atom. The maximum atomic E-state index is 13.3. The molecular formula is C32H34N4O3. The van der Waals surface area contributed by atoms with Crippen LogP contribution in [-0.4, -0.2) is 40.8 Å². The fraction of sp³-hybridized carbons (Fsp3) is 0.281. The maximum absolute atomic E-state index is 13.3. The molecule has 1 saturated heterocycles. The van der Waals surface area contributed by atoms with Gasteiger partial charge in [-0.3, -0.25) is 9.59 Å². The van der Waals surface area contributed by atoms with Crippen molar-refractivity contribution in [1.82, 2.24) is 9.88 Å². The van der Waals surface area contributed by atoms with Gasteiger partial charge in [0, 0.05) is 42.1 Å². The van der Waals surface area contributed by atoms with Crippen molar-refractivity contribution in [1.29, 1.82) is 0 Å². The molecule has 7 heteroatoms. The molecule has 1 aliphatic rings. The largest absolute Gasteiger partial charge is 0.464 e. The van der Waals surface area contributed by atoms with Crippen molar-refractivity contribution in [2.45, 2.75) is 45.6 Å². The molecule has 5 rings (SSSR count). The number of nitrogens with one attached hydrogen (secondary N) is 2. The molecule has 2 aromatic heterocycles. The number of carbonyl (C=O) groups is 2. The lowest BCUT2D eigenvalue weighted by Gasteiger charge is -2.32. The quantitative estimate of drug-likeness (QED) is 0.281. The highest BCUT2D eigenvalue weighted by Crippen LogP contribution is 2.31. The third kappa shape index (κ3) is 6.20. The van der Waals surface area contributed by atoms with Gasteiger partial charge in [0.1, 0.15) is 11.6 Å². The fourth-order valence-electron chi connectivity index (χ4n) is 4.95. The van der Waals surface area contributed by atoms with Gasteiger partial charge in [0.15, 0.2) is 0 Å². The first kappa shape index (κ1) is 26.2. The van der Waals surface area contributed by atoms with Gasteiger partial charge in [0.05, 0.1) is 11.8 Å². The molecule has 2 amide bonds. The first-order valence-corrected chi connectivity index (χ1v) is 13.4. The summed E-state index contributed by atoms with van der Waals surface area (Å²) in [5, 5.41) is 6.16. The topological polar surface area (TPSA) is 87.5 Å². The lowest BCUT2D eigenvalue weighted by atomic mass is 9.88. The van der Waals surface area contributed by atoms with Crippen LogP contribution in [-0.2, 0) is 0 Å². The molecule has 200 valence electrons. The number of aromatic nitrogens is 1. The van der Waals surface area contributed by atoms with E-state index in [9.17, 15) is 9.59 Å². The standard InChI is InChI=1S/C32H34N4O3/c1-21(2)34-30-13-12-27(20-33-30)31(37)35-28-19-26(7-6-22(28)3)32(38)36-16-14-24(15-17-36)23-8-10-25(11-9-23)29-5-4-18-39-29/h4-13,18-21,24H,14-17H2,1-3H3,(H,33,34)(H,35,37). The highest BCUT2D eigenvalue weighted by atomic mass is 16.3. The van der Waals surface area contributed by atoms with Crippen molar-refractivity contribution in [3.8, 4) is 11.3 Å². The predicted octanol–water partition coefficient (Wildman–Crippen LogP) is 6.74. The zero-order chi connectivity index (χ0) is 27.4. The van der Waals surface area contributed by atoms with E-state index < -0.39 is 0 Å². The number of furan rings is 1. The zero-order valence-corrected chi connectivity index (χ0v) is 22.6. The maximum Gasteiger partial charge on any atom is 0.257 e. The molecule has 0 unspecified atom stereocenters. The molecular weight excluding hydrogens is 488 g/mol. The average Bonchev–Trinajstić information content (AvgIpc) is 3.49. The van der Waals surface area contributed by atoms with Gasteiger partial charge in [0.2, 0.25) is 0 Å². The second kappa shape index (κ2) is 11.6. The van der Waals surface area contributed by atoms with E-state index in [0.717, 1.165) is 35.5 Å². The van der Waals surface area contributed by atoms with E-state index in [4.69, 9.17) is 4.42 Å². The number of pyridine rings is 1. The predicted molar refractivity (Wildman–Crippen MR) is 154 cm³/mol. The minimum absolute atomic E-state index is 0.0112. The minimum atomic E-state index is -0.259. The van der Waals surface area contributed by atoms with Crippen LogP contribution in [0.25, 0.3) is 11.3 Å². The summed E-state index contributed by atoms with van der Waals surface area (Å²) in [6, 6.07) is 21.7. The van der Waals surface area contributed by atoms with Crippen molar-refractivity contribution in [3.05, 3.63) is 101 Å². The molecule has 1 aliphatic heterocycles. The summed E-state index contributed by atoms with van der Waals surface area (Å²) in [5.74, 6) is 1.74. The van der Waals surface area contributed by atoms with E-state index in [-0.39, 0.29) is 17.9 Å². The second-order valence-corrected chi connectivity index (χ2v) is 10.4. The van der Waals surface area contributed by atoms with Crippen LogP contribution in [0.1, 0.15) is 64.4 Å². The Morgan fingerprint density at radius 1 is 0.974 bits per heavy atom. The first-order valence-electron chi connectivity index (χ1n) is 13.4. The number of piperidine rings is 1. The molecule has 0 saturated carbocycles. The summed E-state index contributed by atoms with van der Waals surface area (Å²) in [6.45, 7) is 7.37. The van der Waals surface area contributed by atoms with Gasteiger partial charge in [-0.25, -0.2) is 4.98 Å². The summed E-state index contributed by atoms with van der Waals surface area (Å²) in [6.07, 6.45) is 5.06. The molecule has 0 atom stereocenters. The average molecular weight is 523 g/mol. The van der Waals surface area contributed by atoms with E-state index in [1.807, 2.05) is 49.9 Å². The number of aryl methyl sites for hydroxylation is 1. The Hall–Kier alpha value is -4.39. The number of carbonyl (C=O) groups excluding carboxylic acids is 2. The van der Waals surface area contributed by atoms with Gasteiger partial charge in [0.25, 0.3) is 11.8 Å². The van der Waals surface area contributed by atoms with Crippen LogP contribution in [0.15, 0.2) is 83.6 Å². The molecule has 39 heavy (non-hydrogen) atoms. The van der Waals surface area contributed by atoms with Crippen LogP contribution >= 0.6 is 0 Å². The summed E-state index contributed by atoms with van der Waals surface area (Å²) in [5.41, 5.74) is 4.91. The van der Waals surface area contributed by atoms with E-state index in [2.05, 4.69) is 39.9 Å². The van der Waals surface area contributed by atoms with Crippen LogP contribution in [0.4, 0.5) is 11.5 Å². The highest BCUT2D eigenvalue weighted by Gasteiger charge is 2.25. The van der Waals surface area contributed by atoms with E-state index >= 15 is 0 Å². The van der Waals surface area contributed by atoms with Gasteiger partial charge in [-0.05, 0) is 87.1 Å². The first-order chi connectivity index (χ1) is 18.9. The second-order valence-electron chi connectivity index (χ2n) is 10.4. The molecule has 2 N–H and O–H groups in total. The Kier molecular flexibility index (Phi) is 7.77. The van der Waals surface area contributed by atoms with Crippen LogP contribution in [0.2, 0.25) is 0 Å². The molecule has 0 bridgehead atoms. The lowest BCUT2D eigenvalue weighted by molar-refractivity contribution is 0.0712. The smallest absolute Gasteiger partial charge is 0.257 e. The van der Waals surface area contributed by atoms with Crippen LogP contribution in [0, 0.1) is 6.92 Å². The van der Waals surface area contributed by atoms with Crippen LogP contribution < -0.4 is 10.6 Å². The molecule has 1 fully saturated rings. The summed E-state index contributed by atoms with van der Waals surface area (Å²) in [7, 11) is 0. The van der Waals surface area contributed by atoms with Crippen molar-refractivity contribution in [2.75, 3.05) is 23.7 Å². The normalized spacial score (nSPS) is 13.9. The summed E-state index contributed by atoms with van der Waals surface area (Å²) >= 11 is 0. The Bertz CT molecular complexity index is 1420. The SMILES string of the molecule is Cc1ccc(C(=O)N2CCC(c3ccc(-c4ccco4)cc3)CC2)cc1NC(=O)c1ccc(NC(C)C)nc1. The molecule has 4 aromatic rings. The minimum Gasteiger partial charge on any atom is -0.464 e. The van der Waals surface area contributed by atoms with E-state index in [1.165, 1.54) is 5.56 Å². The highest BCUT2D eigenvalue weighted by molar-refractivity contribution is 6.05. The van der Waals surface area contributed by atoms with Gasteiger partial charge in [-0.15, -0.1) is 0 Å². The van der Waals surface area contributed by atoms with Crippen molar-refractivity contribution < 1.29 is 14.0 Å². The molecule has 0 spiro atoms. The molecule has 0 aliphatic carbocycles. The van der Waals surface area contributed by atoms with Crippen molar-refractivity contribution in [3.63, 3.8) is 0 Å². The van der Waals surface area contributed by atoms with Crippen molar-refractivity contribution >= 4 is 23.3 Å². The number of hydrogen-bond acceptors (Lipinski definition) is 5. The molecule has 3 heterocycles. The molecule has 0 radical (unpaired) electrons. The van der Waals surface area contributed by atoms with Gasteiger partial charge < -0.3 is 20.0 Å². The third-order valence-corrected chi connectivity index (χ3v) is 7.16. The Labute approximate surface area is 229 Å². The van der Waals surface area contributed by atoms with Gasteiger partial charge in [-0.2, -0.15) is 0 Å². The number of amides is 2. The van der Waals surface area contributed by atoms with Crippen molar-refractivity contribution in [2.24, 2.45) is 0 Å². The van der Waals surface area contributed by atoms with Gasteiger partial charge in [-0.1, -0.05) is 30.3 Å². The van der Waals surface area contributed by atoms with Crippen LogP contribution in [0.5, 0.6) is 0 Å². The van der Waals surface area contributed by atoms with Gasteiger partial charge >= 0.3 is 0 Å². The summed E-state index contributed by atoms with van der Waals surface area (Å²) < 4.78 is 5.49. The number of rotatable bonds is 7. The summed E-state index contributed by atoms with van der Waals surface area (Å²) in [4.78, 5) is 32.4. The van der Waals surface area contributed by atoms with E-state index in [0.29, 0.717) is 35.8 Å². The molecule has 7 nitrogen and oxygen atoms in total. The number of hydrogen-bond donors (Lipinski definition) is 2. The number of likely N-dealkylation sites (tertiary alicyclic amines) is 1. The fourth-order valence-corrected chi connectivity index (χ4v) is 4.95. The number of benzene rings is 2. The monoisotopic (exact) mass is 522 g/mol. The number of nitrogens with zero attached hydrogens (tertiary/aromatic N) is 2. The third-order valence-electron chi connectivity index (χ3n) is 7.16. The zero-order valence-electron chi connectivity index (χ0n) is 22.6. The lowest BCUT2D eigenvalue weighted by Crippen LogP contribution is -2.38. The Morgan fingerprint density at radius 2 is 1.72 bits per heavy atom. The van der Waals surface area contributed by atoms with E-state index in [1.54, 1.807) is 30.7 Å². The van der Waals surface area contributed by atoms with Crippen LogP contribution in [0.3, 0.4) is 0 Å². The molecule has 2 aromatic carbocycles.